The first-order chi connectivity index (χ1) is 9.93. The second kappa shape index (κ2) is 4.41. The first kappa shape index (κ1) is 13.3. The maximum atomic E-state index is 10.4. The lowest BCUT2D eigenvalue weighted by molar-refractivity contribution is -0.132. The molecule has 0 radical (unpaired) electrons. The highest BCUT2D eigenvalue weighted by atomic mass is 16.5. The van der Waals surface area contributed by atoms with E-state index < -0.39 is 17.3 Å². The molecule has 2 aromatic carbocycles. The third-order valence-electron chi connectivity index (χ3n) is 3.35. The molecule has 108 valence electrons. The Balaban J connectivity index is 2.30. The fraction of sp³-hybridized carbons (Fsp3) is 0.0667. The van der Waals surface area contributed by atoms with Crippen LogP contribution in [0.4, 0.5) is 0 Å². The van der Waals surface area contributed by atoms with Gasteiger partial charge in [0, 0.05) is 5.56 Å². The van der Waals surface area contributed by atoms with Crippen LogP contribution in [0.25, 0.3) is 11.0 Å². The van der Waals surface area contributed by atoms with E-state index >= 15 is 0 Å². The van der Waals surface area contributed by atoms with Crippen molar-refractivity contribution in [2.75, 3.05) is 0 Å². The van der Waals surface area contributed by atoms with Crippen LogP contribution in [-0.4, -0.2) is 25.5 Å². The van der Waals surface area contributed by atoms with Gasteiger partial charge in [-0.2, -0.15) is 0 Å². The third kappa shape index (κ3) is 1.89. The van der Waals surface area contributed by atoms with Crippen LogP contribution < -0.4 is 0 Å². The largest absolute Gasteiger partial charge is 0.504 e. The fourth-order valence-corrected chi connectivity index (χ4v) is 2.32. The predicted octanol–water partition coefficient (Wildman–Crippen LogP) is 1.74. The van der Waals surface area contributed by atoms with Crippen LogP contribution >= 0.6 is 0 Å². The number of phenolic OH excluding ortho intramolecular Hbond substituents is 2. The van der Waals surface area contributed by atoms with E-state index in [1.807, 2.05) is 0 Å². The van der Waals surface area contributed by atoms with Crippen molar-refractivity contribution in [2.24, 2.45) is 0 Å². The van der Waals surface area contributed by atoms with Gasteiger partial charge in [-0.05, 0) is 18.2 Å². The Kier molecular flexibility index (Phi) is 2.79. The first-order valence-electron chi connectivity index (χ1n) is 6.08. The molecule has 1 heterocycles. The van der Waals surface area contributed by atoms with Crippen molar-refractivity contribution in [3.63, 3.8) is 0 Å². The Labute approximate surface area is 118 Å². The Morgan fingerprint density at radius 1 is 0.810 bits per heavy atom. The molecule has 21 heavy (non-hydrogen) atoms. The molecule has 0 aliphatic heterocycles. The maximum Gasteiger partial charge on any atom is 0.222 e. The molecule has 0 aliphatic rings. The van der Waals surface area contributed by atoms with E-state index in [0.29, 0.717) is 0 Å². The molecular formula is C15H12O6. The molecule has 0 saturated carbocycles. The summed E-state index contributed by atoms with van der Waals surface area (Å²) in [7, 11) is 0. The number of aromatic hydroxyl groups is 3. The molecule has 0 amide bonds. The number of para-hydroxylation sites is 1. The number of phenols is 2. The Morgan fingerprint density at radius 3 is 2.24 bits per heavy atom. The van der Waals surface area contributed by atoms with Crippen molar-refractivity contribution in [3.05, 3.63) is 53.8 Å². The molecule has 0 atom stereocenters. The molecule has 5 N–H and O–H groups in total. The van der Waals surface area contributed by atoms with Gasteiger partial charge in [-0.1, -0.05) is 18.2 Å². The molecule has 0 aliphatic carbocycles. The van der Waals surface area contributed by atoms with Crippen molar-refractivity contribution in [1.82, 2.24) is 0 Å². The zero-order chi connectivity index (χ0) is 15.2. The smallest absolute Gasteiger partial charge is 0.222 e. The number of hydrogen-bond donors (Lipinski definition) is 5. The first-order valence-corrected chi connectivity index (χ1v) is 6.08. The molecule has 6 nitrogen and oxygen atoms in total. The lowest BCUT2D eigenvalue weighted by Gasteiger charge is -2.24. The second-order valence-electron chi connectivity index (χ2n) is 4.65. The number of benzene rings is 2. The summed E-state index contributed by atoms with van der Waals surface area (Å²) in [6, 6.07) is 8.27. The van der Waals surface area contributed by atoms with E-state index in [2.05, 4.69) is 0 Å². The molecule has 3 aromatic rings. The number of fused-ring (bicyclic) bond motifs is 1. The lowest BCUT2D eigenvalue weighted by Crippen LogP contribution is -2.26. The zero-order valence-electron chi connectivity index (χ0n) is 10.7. The van der Waals surface area contributed by atoms with E-state index in [9.17, 15) is 25.5 Å². The van der Waals surface area contributed by atoms with Crippen molar-refractivity contribution < 1.29 is 29.9 Å². The summed E-state index contributed by atoms with van der Waals surface area (Å²) in [6.07, 6.45) is 1.08. The van der Waals surface area contributed by atoms with Crippen LogP contribution in [0.1, 0.15) is 11.1 Å². The fourth-order valence-electron chi connectivity index (χ4n) is 2.32. The molecule has 0 spiro atoms. The van der Waals surface area contributed by atoms with Gasteiger partial charge >= 0.3 is 0 Å². The van der Waals surface area contributed by atoms with Gasteiger partial charge < -0.3 is 29.9 Å². The second-order valence-corrected chi connectivity index (χ2v) is 4.65. The molecule has 6 heteroatoms. The highest BCUT2D eigenvalue weighted by Crippen LogP contribution is 2.42. The minimum absolute atomic E-state index is 0.0767. The van der Waals surface area contributed by atoms with Crippen molar-refractivity contribution in [2.45, 2.75) is 5.79 Å². The maximum absolute atomic E-state index is 10.4. The standard InChI is InChI=1S/C15H12O6/c16-10-5-1-4-9(14(10)18)15(19,20)8-3-2-6-12-13(8)11(17)7-21-12/h1-7,16-20H. The van der Waals surface area contributed by atoms with E-state index in [1.165, 1.54) is 30.3 Å². The van der Waals surface area contributed by atoms with Gasteiger partial charge in [-0.25, -0.2) is 0 Å². The van der Waals surface area contributed by atoms with Gasteiger partial charge in [0.05, 0.1) is 10.9 Å². The van der Waals surface area contributed by atoms with Crippen LogP contribution in [-0.2, 0) is 5.79 Å². The SMILES string of the molecule is Oc1cccc(C(O)(O)c2cccc3occ(O)c23)c1O. The van der Waals surface area contributed by atoms with E-state index in [1.54, 1.807) is 6.07 Å². The average Bonchev–Trinajstić information content (AvgIpc) is 2.83. The van der Waals surface area contributed by atoms with Crippen molar-refractivity contribution >= 4 is 11.0 Å². The monoisotopic (exact) mass is 288 g/mol. The Morgan fingerprint density at radius 2 is 1.48 bits per heavy atom. The van der Waals surface area contributed by atoms with Crippen LogP contribution in [0.15, 0.2) is 47.1 Å². The quantitative estimate of drug-likeness (QED) is 0.362. The molecule has 1 aromatic heterocycles. The predicted molar refractivity (Wildman–Crippen MR) is 72.9 cm³/mol. The topological polar surface area (TPSA) is 114 Å². The van der Waals surface area contributed by atoms with Crippen LogP contribution in [0.3, 0.4) is 0 Å². The van der Waals surface area contributed by atoms with Gasteiger partial charge in [-0.15, -0.1) is 0 Å². The summed E-state index contributed by atoms with van der Waals surface area (Å²) in [6.45, 7) is 0. The Bertz CT molecular complexity index is 818. The Hall–Kier alpha value is -2.70. The molecule has 0 fully saturated rings. The average molecular weight is 288 g/mol. The van der Waals surface area contributed by atoms with Gasteiger partial charge in [0.25, 0.3) is 0 Å². The molecule has 0 bridgehead atoms. The summed E-state index contributed by atoms with van der Waals surface area (Å²) < 4.78 is 5.09. The summed E-state index contributed by atoms with van der Waals surface area (Å²) in [5.74, 6) is -4.01. The highest BCUT2D eigenvalue weighted by Gasteiger charge is 2.35. The third-order valence-corrected chi connectivity index (χ3v) is 3.35. The van der Waals surface area contributed by atoms with Gasteiger partial charge in [0.2, 0.25) is 5.79 Å². The minimum Gasteiger partial charge on any atom is -0.504 e. The summed E-state index contributed by atoms with van der Waals surface area (Å²) in [5.41, 5.74) is -0.125. The van der Waals surface area contributed by atoms with E-state index in [-0.39, 0.29) is 27.8 Å². The normalized spacial score (nSPS) is 11.9. The van der Waals surface area contributed by atoms with Gasteiger partial charge in [0.15, 0.2) is 17.2 Å². The van der Waals surface area contributed by atoms with Crippen LogP contribution in [0, 0.1) is 0 Å². The number of hydrogen-bond acceptors (Lipinski definition) is 6. The molecule has 3 rings (SSSR count). The van der Waals surface area contributed by atoms with Crippen LogP contribution in [0.2, 0.25) is 0 Å². The number of aliphatic hydroxyl groups is 2. The van der Waals surface area contributed by atoms with Gasteiger partial charge in [0.1, 0.15) is 11.8 Å². The molecule has 0 unspecified atom stereocenters. The van der Waals surface area contributed by atoms with Gasteiger partial charge in [-0.3, -0.25) is 0 Å². The summed E-state index contributed by atoms with van der Waals surface area (Å²) >= 11 is 0. The molecular weight excluding hydrogens is 276 g/mol. The number of furan rings is 1. The molecule has 0 saturated heterocycles. The zero-order valence-corrected chi connectivity index (χ0v) is 10.7. The summed E-state index contributed by atoms with van der Waals surface area (Å²) in [5, 5.41) is 50.1. The minimum atomic E-state index is -2.62. The lowest BCUT2D eigenvalue weighted by atomic mass is 9.93. The summed E-state index contributed by atoms with van der Waals surface area (Å²) in [4.78, 5) is 0. The van der Waals surface area contributed by atoms with Crippen LogP contribution in [0.5, 0.6) is 17.2 Å². The van der Waals surface area contributed by atoms with Crippen molar-refractivity contribution in [1.29, 1.82) is 0 Å². The van der Waals surface area contributed by atoms with E-state index in [4.69, 9.17) is 4.42 Å². The van der Waals surface area contributed by atoms with E-state index in [0.717, 1.165) is 6.26 Å². The number of rotatable bonds is 2. The van der Waals surface area contributed by atoms with Crippen molar-refractivity contribution in [3.8, 4) is 17.2 Å². The highest BCUT2D eigenvalue weighted by molar-refractivity contribution is 5.88.